The molecule has 1 aromatic carbocycles. The van der Waals surface area contributed by atoms with Gasteiger partial charge in [-0.25, -0.2) is 16.8 Å². The Morgan fingerprint density at radius 3 is 2.12 bits per heavy atom. The second-order valence-corrected chi connectivity index (χ2v) is 10.8. The van der Waals surface area contributed by atoms with Gasteiger partial charge in [-0.1, -0.05) is 6.07 Å². The molecule has 0 amide bonds. The standard InChI is InChI=1S/C15H14F3NO4S3/c16-15(17,18)11-8-12(25(20,21)14-4-3-7-24-14)10-13(9-11)26(22,23)19-5-1-2-6-19/h3-4,7-10H,1-2,5-6H2. The number of sulfonamides is 1. The van der Waals surface area contributed by atoms with Crippen molar-refractivity contribution in [3.8, 4) is 0 Å². The fourth-order valence-corrected chi connectivity index (χ4v) is 6.78. The minimum absolute atomic E-state index is 0.152. The van der Waals surface area contributed by atoms with Gasteiger partial charge in [0.15, 0.2) is 0 Å². The summed E-state index contributed by atoms with van der Waals surface area (Å²) in [5, 5.41) is 1.47. The van der Waals surface area contributed by atoms with Crippen molar-refractivity contribution >= 4 is 31.2 Å². The molecule has 0 aliphatic carbocycles. The van der Waals surface area contributed by atoms with Crippen molar-refractivity contribution in [2.75, 3.05) is 13.1 Å². The van der Waals surface area contributed by atoms with Gasteiger partial charge in [-0.15, -0.1) is 11.3 Å². The van der Waals surface area contributed by atoms with E-state index in [1.807, 2.05) is 0 Å². The van der Waals surface area contributed by atoms with E-state index >= 15 is 0 Å². The molecule has 5 nitrogen and oxygen atoms in total. The molecule has 26 heavy (non-hydrogen) atoms. The summed E-state index contributed by atoms with van der Waals surface area (Å²) in [6.45, 7) is 0.400. The van der Waals surface area contributed by atoms with Gasteiger partial charge in [0.25, 0.3) is 0 Å². The van der Waals surface area contributed by atoms with Crippen LogP contribution in [0.25, 0.3) is 0 Å². The predicted molar refractivity (Wildman–Crippen MR) is 89.2 cm³/mol. The Bertz CT molecular complexity index is 1010. The zero-order chi connectivity index (χ0) is 19.2. The van der Waals surface area contributed by atoms with Crippen molar-refractivity contribution in [3.63, 3.8) is 0 Å². The molecular weight excluding hydrogens is 411 g/mol. The van der Waals surface area contributed by atoms with Crippen LogP contribution >= 0.6 is 11.3 Å². The molecule has 0 radical (unpaired) electrons. The molecule has 1 fully saturated rings. The number of hydrogen-bond donors (Lipinski definition) is 0. The Morgan fingerprint density at radius 2 is 1.58 bits per heavy atom. The van der Waals surface area contributed by atoms with E-state index in [-0.39, 0.29) is 17.3 Å². The molecule has 2 aromatic rings. The Kier molecular flexibility index (Phi) is 4.93. The van der Waals surface area contributed by atoms with Gasteiger partial charge in [-0.05, 0) is 42.5 Å². The minimum Gasteiger partial charge on any atom is -0.218 e. The van der Waals surface area contributed by atoms with Crippen molar-refractivity contribution < 1.29 is 30.0 Å². The molecule has 1 aliphatic rings. The number of sulfone groups is 1. The van der Waals surface area contributed by atoms with Gasteiger partial charge in [0, 0.05) is 13.1 Å². The first-order chi connectivity index (χ1) is 12.0. The molecule has 0 unspecified atom stereocenters. The average molecular weight is 425 g/mol. The first-order valence-corrected chi connectivity index (χ1v) is 11.3. The highest BCUT2D eigenvalue weighted by Crippen LogP contribution is 2.36. The van der Waals surface area contributed by atoms with Gasteiger partial charge in [0.2, 0.25) is 19.9 Å². The van der Waals surface area contributed by atoms with Crippen LogP contribution in [0.15, 0.2) is 49.7 Å². The molecule has 0 spiro atoms. The van der Waals surface area contributed by atoms with E-state index in [0.29, 0.717) is 25.0 Å². The largest absolute Gasteiger partial charge is 0.416 e. The molecule has 3 rings (SSSR count). The Hall–Kier alpha value is -1.43. The Balaban J connectivity index is 2.21. The maximum atomic E-state index is 13.2. The van der Waals surface area contributed by atoms with Crippen LogP contribution in [0.2, 0.25) is 0 Å². The molecule has 0 atom stereocenters. The van der Waals surface area contributed by atoms with Crippen LogP contribution in [-0.4, -0.2) is 34.2 Å². The van der Waals surface area contributed by atoms with Crippen LogP contribution in [0, 0.1) is 0 Å². The van der Waals surface area contributed by atoms with Crippen LogP contribution in [0.3, 0.4) is 0 Å². The lowest BCUT2D eigenvalue weighted by Gasteiger charge is -2.18. The first kappa shape index (κ1) is 19.3. The summed E-state index contributed by atoms with van der Waals surface area (Å²) in [7, 11) is -8.45. The zero-order valence-electron chi connectivity index (χ0n) is 13.2. The van der Waals surface area contributed by atoms with Crippen LogP contribution in [0.4, 0.5) is 13.2 Å². The molecule has 1 saturated heterocycles. The smallest absolute Gasteiger partial charge is 0.218 e. The topological polar surface area (TPSA) is 71.5 Å². The fraction of sp³-hybridized carbons (Fsp3) is 0.333. The third kappa shape index (κ3) is 3.53. The fourth-order valence-electron chi connectivity index (χ4n) is 2.65. The highest BCUT2D eigenvalue weighted by Gasteiger charge is 2.36. The lowest BCUT2D eigenvalue weighted by Crippen LogP contribution is -2.28. The molecule has 0 saturated carbocycles. The van der Waals surface area contributed by atoms with E-state index in [0.717, 1.165) is 21.7 Å². The molecule has 1 aliphatic heterocycles. The third-order valence-electron chi connectivity index (χ3n) is 3.98. The molecular formula is C15H14F3NO4S3. The number of rotatable bonds is 4. The second-order valence-electron chi connectivity index (χ2n) is 5.74. The Labute approximate surface area is 153 Å². The van der Waals surface area contributed by atoms with Crippen molar-refractivity contribution in [3.05, 3.63) is 41.3 Å². The lowest BCUT2D eigenvalue weighted by atomic mass is 10.2. The van der Waals surface area contributed by atoms with Gasteiger partial charge < -0.3 is 0 Å². The number of alkyl halides is 3. The monoisotopic (exact) mass is 425 g/mol. The van der Waals surface area contributed by atoms with Gasteiger partial charge >= 0.3 is 6.18 Å². The summed E-state index contributed by atoms with van der Waals surface area (Å²) in [5.41, 5.74) is -1.31. The van der Waals surface area contributed by atoms with E-state index in [1.54, 1.807) is 0 Å². The summed E-state index contributed by atoms with van der Waals surface area (Å²) < 4.78 is 91.2. The molecule has 0 N–H and O–H groups in total. The van der Waals surface area contributed by atoms with Crippen molar-refractivity contribution in [2.45, 2.75) is 33.0 Å². The van der Waals surface area contributed by atoms with E-state index in [4.69, 9.17) is 0 Å². The van der Waals surface area contributed by atoms with Gasteiger partial charge in [-0.2, -0.15) is 17.5 Å². The number of nitrogens with zero attached hydrogens (tertiary/aromatic N) is 1. The van der Waals surface area contributed by atoms with E-state index in [1.165, 1.54) is 17.5 Å². The Morgan fingerprint density at radius 1 is 0.962 bits per heavy atom. The molecule has 0 bridgehead atoms. The highest BCUT2D eigenvalue weighted by atomic mass is 32.2. The summed E-state index contributed by atoms with van der Waals surface area (Å²) in [6, 6.07) is 4.47. The van der Waals surface area contributed by atoms with E-state index < -0.39 is 41.4 Å². The van der Waals surface area contributed by atoms with Gasteiger partial charge in [0.05, 0.1) is 15.4 Å². The number of benzene rings is 1. The summed E-state index contributed by atoms with van der Waals surface area (Å²) in [5.74, 6) is 0. The summed E-state index contributed by atoms with van der Waals surface area (Å²) in [4.78, 5) is -1.35. The summed E-state index contributed by atoms with van der Waals surface area (Å²) in [6.07, 6.45) is -3.66. The van der Waals surface area contributed by atoms with E-state index in [9.17, 15) is 30.0 Å². The molecule has 11 heteroatoms. The summed E-state index contributed by atoms with van der Waals surface area (Å²) >= 11 is 0.848. The minimum atomic E-state index is -4.88. The van der Waals surface area contributed by atoms with Crippen molar-refractivity contribution in [1.82, 2.24) is 4.31 Å². The SMILES string of the molecule is O=S(=O)(c1cc(C(F)(F)F)cc(S(=O)(=O)N2CCCC2)c1)c1cccs1. The predicted octanol–water partition coefficient (Wildman–Crippen LogP) is 3.38. The lowest BCUT2D eigenvalue weighted by molar-refractivity contribution is -0.137. The van der Waals surface area contributed by atoms with E-state index in [2.05, 4.69) is 0 Å². The normalized spacial score (nSPS) is 16.9. The number of hydrogen-bond acceptors (Lipinski definition) is 5. The number of halogens is 3. The molecule has 2 heterocycles. The van der Waals surface area contributed by atoms with Crippen LogP contribution < -0.4 is 0 Å². The quantitative estimate of drug-likeness (QED) is 0.753. The first-order valence-electron chi connectivity index (χ1n) is 7.54. The van der Waals surface area contributed by atoms with Crippen LogP contribution in [0.1, 0.15) is 18.4 Å². The average Bonchev–Trinajstić information content (AvgIpc) is 3.27. The van der Waals surface area contributed by atoms with Gasteiger partial charge in [0.1, 0.15) is 4.21 Å². The highest BCUT2D eigenvalue weighted by molar-refractivity contribution is 7.93. The second kappa shape index (κ2) is 6.63. The number of thiophene rings is 1. The van der Waals surface area contributed by atoms with Crippen LogP contribution in [0.5, 0.6) is 0 Å². The maximum absolute atomic E-state index is 13.2. The third-order valence-corrected chi connectivity index (χ3v) is 8.99. The van der Waals surface area contributed by atoms with Gasteiger partial charge in [-0.3, -0.25) is 0 Å². The van der Waals surface area contributed by atoms with Crippen molar-refractivity contribution in [1.29, 1.82) is 0 Å². The molecule has 142 valence electrons. The maximum Gasteiger partial charge on any atom is 0.416 e. The van der Waals surface area contributed by atoms with Crippen molar-refractivity contribution in [2.24, 2.45) is 0 Å². The molecule has 1 aromatic heterocycles. The van der Waals surface area contributed by atoms with Crippen LogP contribution in [-0.2, 0) is 26.0 Å². The zero-order valence-corrected chi connectivity index (χ0v) is 15.7.